The topological polar surface area (TPSA) is 88.7 Å². The predicted molar refractivity (Wildman–Crippen MR) is 89.9 cm³/mol. The van der Waals surface area contributed by atoms with Crippen molar-refractivity contribution >= 4 is 6.09 Å². The molecule has 130 valence electrons. The second-order valence-electron chi connectivity index (χ2n) is 6.70. The van der Waals surface area contributed by atoms with Crippen LogP contribution in [0.25, 0.3) is 0 Å². The molecule has 0 atom stereocenters. The smallest absolute Gasteiger partial charge is 0.407 e. The first-order valence-electron chi connectivity index (χ1n) is 8.11. The number of unbranched alkanes of at least 4 members (excludes halogenated alkanes) is 3. The molecule has 3 N–H and O–H groups in total. The van der Waals surface area contributed by atoms with Gasteiger partial charge in [-0.25, -0.2) is 10.7 Å². The molecule has 0 saturated carbocycles. The number of carbonyl (C=O) groups is 1. The lowest BCUT2D eigenvalue weighted by Gasteiger charge is -2.33. The van der Waals surface area contributed by atoms with Gasteiger partial charge in [0.1, 0.15) is 6.61 Å². The fraction of sp³-hybridized carbons (Fsp3) is 0.647. The second-order valence-corrected chi connectivity index (χ2v) is 6.70. The largest absolute Gasteiger partial charge is 0.465 e. The van der Waals surface area contributed by atoms with Crippen LogP contribution >= 0.6 is 0 Å². The SMILES string of the molecule is CC(C)(C)N(CCCCCCc1cccc(CON)n1)C(=O)O. The Morgan fingerprint density at radius 3 is 2.48 bits per heavy atom. The van der Waals surface area contributed by atoms with E-state index in [1.807, 2.05) is 39.0 Å². The highest BCUT2D eigenvalue weighted by atomic mass is 16.6. The van der Waals surface area contributed by atoms with Crippen LogP contribution in [0, 0.1) is 0 Å². The fourth-order valence-electron chi connectivity index (χ4n) is 2.48. The van der Waals surface area contributed by atoms with Gasteiger partial charge >= 0.3 is 6.09 Å². The van der Waals surface area contributed by atoms with Crippen molar-refractivity contribution in [1.82, 2.24) is 9.88 Å². The Balaban J connectivity index is 2.25. The van der Waals surface area contributed by atoms with Crippen LogP contribution in [0.15, 0.2) is 18.2 Å². The molecule has 0 radical (unpaired) electrons. The molecule has 1 aromatic heterocycles. The highest BCUT2D eigenvalue weighted by Gasteiger charge is 2.25. The summed E-state index contributed by atoms with van der Waals surface area (Å²) < 4.78 is 0. The summed E-state index contributed by atoms with van der Waals surface area (Å²) in [7, 11) is 0. The lowest BCUT2D eigenvalue weighted by Crippen LogP contribution is -2.45. The molecule has 1 aromatic rings. The predicted octanol–water partition coefficient (Wildman–Crippen LogP) is 3.35. The lowest BCUT2D eigenvalue weighted by molar-refractivity contribution is 0.0990. The number of carboxylic acid groups (broad SMARTS) is 1. The van der Waals surface area contributed by atoms with E-state index in [1.54, 1.807) is 0 Å². The maximum Gasteiger partial charge on any atom is 0.407 e. The molecule has 23 heavy (non-hydrogen) atoms. The van der Waals surface area contributed by atoms with Gasteiger partial charge in [-0.15, -0.1) is 0 Å². The molecule has 0 aliphatic carbocycles. The minimum Gasteiger partial charge on any atom is -0.465 e. The van der Waals surface area contributed by atoms with E-state index < -0.39 is 6.09 Å². The van der Waals surface area contributed by atoms with Crippen molar-refractivity contribution in [3.05, 3.63) is 29.6 Å². The zero-order valence-electron chi connectivity index (χ0n) is 14.4. The van der Waals surface area contributed by atoms with E-state index in [0.29, 0.717) is 13.2 Å². The summed E-state index contributed by atoms with van der Waals surface area (Å²) in [5.74, 6) is 5.06. The molecule has 0 aromatic carbocycles. The van der Waals surface area contributed by atoms with Crippen LogP contribution in [-0.2, 0) is 17.9 Å². The molecule has 0 aliphatic rings. The number of amides is 1. The molecule has 6 heteroatoms. The minimum absolute atomic E-state index is 0.325. The van der Waals surface area contributed by atoms with Crippen molar-refractivity contribution in [2.75, 3.05) is 6.54 Å². The Bertz CT molecular complexity index is 486. The molecule has 0 bridgehead atoms. The van der Waals surface area contributed by atoms with Crippen molar-refractivity contribution < 1.29 is 14.7 Å². The number of nitrogens with two attached hydrogens (primary N) is 1. The molecule has 0 fully saturated rings. The molecule has 0 saturated heterocycles. The van der Waals surface area contributed by atoms with Gasteiger partial charge in [0.15, 0.2) is 0 Å². The first-order chi connectivity index (χ1) is 10.8. The monoisotopic (exact) mass is 323 g/mol. The molecule has 6 nitrogen and oxygen atoms in total. The van der Waals surface area contributed by atoms with Crippen molar-refractivity contribution in [2.45, 2.75) is 65.0 Å². The van der Waals surface area contributed by atoms with Crippen molar-refractivity contribution in [3.8, 4) is 0 Å². The zero-order chi connectivity index (χ0) is 17.3. The van der Waals surface area contributed by atoms with Gasteiger partial charge in [-0.1, -0.05) is 18.9 Å². The van der Waals surface area contributed by atoms with Gasteiger partial charge in [-0.3, -0.25) is 9.82 Å². The van der Waals surface area contributed by atoms with Gasteiger partial charge in [0.25, 0.3) is 0 Å². The normalized spacial score (nSPS) is 11.5. The van der Waals surface area contributed by atoms with Gasteiger partial charge in [0, 0.05) is 17.8 Å². The molecule has 0 unspecified atom stereocenters. The van der Waals surface area contributed by atoms with Gasteiger partial charge in [0.05, 0.1) is 5.69 Å². The maximum absolute atomic E-state index is 11.2. The Morgan fingerprint density at radius 2 is 1.87 bits per heavy atom. The molecule has 1 rings (SSSR count). The first-order valence-corrected chi connectivity index (χ1v) is 8.11. The van der Waals surface area contributed by atoms with E-state index in [1.165, 1.54) is 4.90 Å². The van der Waals surface area contributed by atoms with Crippen LogP contribution in [-0.4, -0.2) is 33.2 Å². The molecule has 0 aliphatic heterocycles. The Labute approximate surface area is 138 Å². The average molecular weight is 323 g/mol. The highest BCUT2D eigenvalue weighted by molar-refractivity contribution is 5.65. The minimum atomic E-state index is -0.847. The van der Waals surface area contributed by atoms with Gasteiger partial charge in [0.2, 0.25) is 0 Å². The van der Waals surface area contributed by atoms with E-state index in [2.05, 4.69) is 9.82 Å². The van der Waals surface area contributed by atoms with Crippen LogP contribution in [0.3, 0.4) is 0 Å². The number of aromatic nitrogens is 1. The molecule has 1 heterocycles. The van der Waals surface area contributed by atoms with Crippen LogP contribution in [0.2, 0.25) is 0 Å². The fourth-order valence-corrected chi connectivity index (χ4v) is 2.48. The quantitative estimate of drug-likeness (QED) is 0.537. The van der Waals surface area contributed by atoms with Crippen LogP contribution < -0.4 is 5.90 Å². The number of nitrogens with zero attached hydrogens (tertiary/aromatic N) is 2. The molecular weight excluding hydrogens is 294 g/mol. The van der Waals surface area contributed by atoms with Gasteiger partial charge in [-0.2, -0.15) is 0 Å². The number of hydrogen-bond acceptors (Lipinski definition) is 4. The summed E-state index contributed by atoms with van der Waals surface area (Å²) in [6.45, 7) is 6.67. The van der Waals surface area contributed by atoms with E-state index in [-0.39, 0.29) is 5.54 Å². The van der Waals surface area contributed by atoms with Crippen LogP contribution in [0.4, 0.5) is 4.79 Å². The summed E-state index contributed by atoms with van der Waals surface area (Å²) >= 11 is 0. The Morgan fingerprint density at radius 1 is 1.22 bits per heavy atom. The van der Waals surface area contributed by atoms with Crippen molar-refractivity contribution in [2.24, 2.45) is 5.90 Å². The number of aryl methyl sites for hydroxylation is 1. The number of pyridine rings is 1. The van der Waals surface area contributed by atoms with Crippen molar-refractivity contribution in [1.29, 1.82) is 0 Å². The molecule has 0 spiro atoms. The summed E-state index contributed by atoms with van der Waals surface area (Å²) in [4.78, 5) is 21.8. The van der Waals surface area contributed by atoms with Crippen LogP contribution in [0.5, 0.6) is 0 Å². The number of rotatable bonds is 9. The summed E-state index contributed by atoms with van der Waals surface area (Å²) in [6.07, 6.45) is 4.09. The first kappa shape index (κ1) is 19.4. The van der Waals surface area contributed by atoms with E-state index in [0.717, 1.165) is 43.5 Å². The highest BCUT2D eigenvalue weighted by Crippen LogP contribution is 2.15. The lowest BCUT2D eigenvalue weighted by atomic mass is 10.1. The average Bonchev–Trinajstić information content (AvgIpc) is 2.45. The third-order valence-corrected chi connectivity index (χ3v) is 3.70. The van der Waals surface area contributed by atoms with Crippen LogP contribution in [0.1, 0.15) is 57.8 Å². The molecular formula is C17H29N3O3. The summed E-state index contributed by atoms with van der Waals surface area (Å²) in [5.41, 5.74) is 1.54. The summed E-state index contributed by atoms with van der Waals surface area (Å²) in [5, 5.41) is 9.23. The van der Waals surface area contributed by atoms with E-state index in [9.17, 15) is 9.90 Å². The Kier molecular flexibility index (Phi) is 7.98. The third-order valence-electron chi connectivity index (χ3n) is 3.70. The number of hydrogen-bond donors (Lipinski definition) is 2. The third kappa shape index (κ3) is 7.43. The van der Waals surface area contributed by atoms with Gasteiger partial charge < -0.3 is 10.0 Å². The van der Waals surface area contributed by atoms with Crippen molar-refractivity contribution in [3.63, 3.8) is 0 Å². The zero-order valence-corrected chi connectivity index (χ0v) is 14.4. The standard InChI is InChI=1S/C17H29N3O3/c1-17(2,3)20(16(21)22)12-7-5-4-6-9-14-10-8-11-15(19-14)13-23-18/h8,10-11H,4-7,9,12-13,18H2,1-3H3,(H,21,22). The maximum atomic E-state index is 11.2. The van der Waals surface area contributed by atoms with E-state index >= 15 is 0 Å². The van der Waals surface area contributed by atoms with Gasteiger partial charge in [-0.05, 0) is 52.2 Å². The second kappa shape index (κ2) is 9.47. The Hall–Kier alpha value is -1.66. The molecule has 1 amide bonds. The van der Waals surface area contributed by atoms with E-state index in [4.69, 9.17) is 5.90 Å². The summed E-state index contributed by atoms with van der Waals surface area (Å²) in [6, 6.07) is 5.86.